The van der Waals surface area contributed by atoms with Crippen molar-refractivity contribution in [3.05, 3.63) is 82.2 Å². The Morgan fingerprint density at radius 2 is 1.81 bits per heavy atom. The summed E-state index contributed by atoms with van der Waals surface area (Å²) in [6.07, 6.45) is 5.37. The fourth-order valence-corrected chi connectivity index (χ4v) is 3.66. The van der Waals surface area contributed by atoms with Gasteiger partial charge in [0.1, 0.15) is 6.61 Å². The molecule has 2 aromatic heterocycles. The minimum absolute atomic E-state index is 0.122. The van der Waals surface area contributed by atoms with Crippen molar-refractivity contribution in [2.45, 2.75) is 19.4 Å². The van der Waals surface area contributed by atoms with Crippen LogP contribution in [0.25, 0.3) is 0 Å². The van der Waals surface area contributed by atoms with Gasteiger partial charge in [-0.05, 0) is 54.4 Å². The third-order valence-corrected chi connectivity index (χ3v) is 5.38. The molecule has 0 unspecified atom stereocenters. The standard InChI is InChI=1S/C23H19BrN4O4/c24-16-5-6-17-18(13-16)23(31)28(22(17)30)12-2-4-20(29)27-21-19(3-1-9-26-21)32-14-15-7-10-25-11-8-15/h1,3,5-11,13H,2,4,12,14H2,(H,26,27,29). The zero-order valence-corrected chi connectivity index (χ0v) is 18.5. The largest absolute Gasteiger partial charge is 0.485 e. The summed E-state index contributed by atoms with van der Waals surface area (Å²) < 4.78 is 6.51. The Labute approximate surface area is 192 Å². The van der Waals surface area contributed by atoms with Crippen LogP contribution in [0, 0.1) is 0 Å². The first-order valence-electron chi connectivity index (χ1n) is 9.95. The molecule has 1 aliphatic rings. The van der Waals surface area contributed by atoms with Crippen LogP contribution < -0.4 is 10.1 Å². The Bertz CT molecular complexity index is 1170. The van der Waals surface area contributed by atoms with Gasteiger partial charge in [-0.2, -0.15) is 0 Å². The van der Waals surface area contributed by atoms with Crippen molar-refractivity contribution in [2.75, 3.05) is 11.9 Å². The molecule has 0 spiro atoms. The van der Waals surface area contributed by atoms with E-state index in [9.17, 15) is 14.4 Å². The summed E-state index contributed by atoms with van der Waals surface area (Å²) in [5, 5.41) is 2.74. The van der Waals surface area contributed by atoms with Crippen molar-refractivity contribution in [1.82, 2.24) is 14.9 Å². The predicted molar refractivity (Wildman–Crippen MR) is 120 cm³/mol. The summed E-state index contributed by atoms with van der Waals surface area (Å²) in [6.45, 7) is 0.470. The minimum atomic E-state index is -0.344. The molecule has 3 heterocycles. The quantitative estimate of drug-likeness (QED) is 0.477. The summed E-state index contributed by atoms with van der Waals surface area (Å²) in [4.78, 5) is 46.7. The number of hydrogen-bond donors (Lipinski definition) is 1. The number of rotatable bonds is 8. The lowest BCUT2D eigenvalue weighted by Crippen LogP contribution is -2.31. The number of amides is 3. The normalized spacial score (nSPS) is 12.6. The minimum Gasteiger partial charge on any atom is -0.485 e. The maximum Gasteiger partial charge on any atom is 0.261 e. The molecule has 3 aromatic rings. The number of nitrogens with one attached hydrogen (secondary N) is 1. The number of anilines is 1. The number of carbonyl (C=O) groups is 3. The van der Waals surface area contributed by atoms with Crippen molar-refractivity contribution < 1.29 is 19.1 Å². The number of ether oxygens (including phenoxy) is 1. The van der Waals surface area contributed by atoms with Gasteiger partial charge in [0, 0.05) is 36.0 Å². The number of benzene rings is 1. The molecule has 3 amide bonds. The van der Waals surface area contributed by atoms with Crippen LogP contribution in [-0.2, 0) is 11.4 Å². The van der Waals surface area contributed by atoms with Crippen molar-refractivity contribution in [1.29, 1.82) is 0 Å². The Balaban J connectivity index is 1.30. The van der Waals surface area contributed by atoms with Crippen molar-refractivity contribution >= 4 is 39.5 Å². The third-order valence-electron chi connectivity index (χ3n) is 4.89. The van der Waals surface area contributed by atoms with Crippen molar-refractivity contribution in [3.8, 4) is 5.75 Å². The number of fused-ring (bicyclic) bond motifs is 1. The van der Waals surface area contributed by atoms with Gasteiger partial charge in [-0.1, -0.05) is 15.9 Å². The zero-order chi connectivity index (χ0) is 22.5. The van der Waals surface area contributed by atoms with Crippen LogP contribution in [-0.4, -0.2) is 39.1 Å². The van der Waals surface area contributed by atoms with Crippen LogP contribution >= 0.6 is 15.9 Å². The summed E-state index contributed by atoms with van der Waals surface area (Å²) >= 11 is 3.31. The molecule has 0 saturated heterocycles. The molecule has 162 valence electrons. The fraction of sp³-hybridized carbons (Fsp3) is 0.174. The van der Waals surface area contributed by atoms with Crippen molar-refractivity contribution in [3.63, 3.8) is 0 Å². The topological polar surface area (TPSA) is 101 Å². The average Bonchev–Trinajstić information content (AvgIpc) is 3.03. The molecule has 0 bridgehead atoms. The smallest absolute Gasteiger partial charge is 0.261 e. The second-order valence-corrected chi connectivity index (χ2v) is 8.01. The lowest BCUT2D eigenvalue weighted by molar-refractivity contribution is -0.116. The van der Waals surface area contributed by atoms with E-state index >= 15 is 0 Å². The number of halogens is 1. The van der Waals surface area contributed by atoms with Gasteiger partial charge in [0.15, 0.2) is 11.6 Å². The molecule has 1 aromatic carbocycles. The molecule has 1 aliphatic heterocycles. The summed E-state index contributed by atoms with van der Waals surface area (Å²) in [7, 11) is 0. The van der Waals surface area contributed by atoms with Crippen molar-refractivity contribution in [2.24, 2.45) is 0 Å². The molecule has 8 nitrogen and oxygen atoms in total. The second-order valence-electron chi connectivity index (χ2n) is 7.10. The first kappa shape index (κ1) is 21.6. The molecule has 1 N–H and O–H groups in total. The predicted octanol–water partition coefficient (Wildman–Crippen LogP) is 3.83. The molecule has 0 saturated carbocycles. The molecule has 4 rings (SSSR count). The fourth-order valence-electron chi connectivity index (χ4n) is 3.30. The molecule has 0 aliphatic carbocycles. The van der Waals surface area contributed by atoms with E-state index in [1.807, 2.05) is 12.1 Å². The Kier molecular flexibility index (Phi) is 6.55. The molecule has 9 heteroatoms. The SMILES string of the molecule is O=C(CCCN1C(=O)c2ccc(Br)cc2C1=O)Nc1ncccc1OCc1ccncc1. The highest BCUT2D eigenvalue weighted by Gasteiger charge is 2.35. The Morgan fingerprint density at radius 1 is 1.03 bits per heavy atom. The van der Waals surface area contributed by atoms with Gasteiger partial charge in [0.2, 0.25) is 5.91 Å². The molecule has 0 radical (unpaired) electrons. The summed E-state index contributed by atoms with van der Waals surface area (Å²) in [5.41, 5.74) is 1.69. The van der Waals surface area contributed by atoms with E-state index < -0.39 is 0 Å². The summed E-state index contributed by atoms with van der Waals surface area (Å²) in [5.74, 6) is -0.199. The highest BCUT2D eigenvalue weighted by atomic mass is 79.9. The van der Waals surface area contributed by atoms with Crippen LogP contribution in [0.5, 0.6) is 5.75 Å². The van der Waals surface area contributed by atoms with E-state index in [-0.39, 0.29) is 30.7 Å². The number of nitrogens with zero attached hydrogens (tertiary/aromatic N) is 3. The van der Waals surface area contributed by atoms with Crippen LogP contribution in [0.1, 0.15) is 39.1 Å². The Morgan fingerprint density at radius 3 is 2.62 bits per heavy atom. The van der Waals surface area contributed by atoms with Gasteiger partial charge < -0.3 is 10.1 Å². The highest BCUT2D eigenvalue weighted by Crippen LogP contribution is 2.26. The van der Waals surface area contributed by atoms with Gasteiger partial charge in [0.25, 0.3) is 11.8 Å². The molecule has 32 heavy (non-hydrogen) atoms. The zero-order valence-electron chi connectivity index (χ0n) is 17.0. The Hall–Kier alpha value is -3.59. The first-order chi connectivity index (χ1) is 15.5. The average molecular weight is 495 g/mol. The monoisotopic (exact) mass is 494 g/mol. The van der Waals surface area contributed by atoms with E-state index in [2.05, 4.69) is 31.2 Å². The molecule has 0 fully saturated rings. The van der Waals surface area contributed by atoms with Crippen LogP contribution in [0.15, 0.2) is 65.5 Å². The van der Waals surface area contributed by atoms with Crippen LogP contribution in [0.4, 0.5) is 5.82 Å². The third kappa shape index (κ3) is 4.83. The second kappa shape index (κ2) is 9.69. The number of imide groups is 1. The molecular weight excluding hydrogens is 476 g/mol. The van der Waals surface area contributed by atoms with E-state index in [4.69, 9.17) is 4.74 Å². The lowest BCUT2D eigenvalue weighted by Gasteiger charge is -2.14. The van der Waals surface area contributed by atoms with Gasteiger partial charge in [-0.3, -0.25) is 24.3 Å². The van der Waals surface area contributed by atoms with Crippen LogP contribution in [0.2, 0.25) is 0 Å². The number of aromatic nitrogens is 2. The van der Waals surface area contributed by atoms with E-state index in [0.717, 1.165) is 10.0 Å². The lowest BCUT2D eigenvalue weighted by atomic mass is 10.1. The van der Waals surface area contributed by atoms with E-state index in [0.29, 0.717) is 35.7 Å². The summed E-state index contributed by atoms with van der Waals surface area (Å²) in [6, 6.07) is 12.1. The highest BCUT2D eigenvalue weighted by molar-refractivity contribution is 9.10. The number of pyridine rings is 2. The maximum absolute atomic E-state index is 12.5. The van der Waals surface area contributed by atoms with Gasteiger partial charge in [-0.25, -0.2) is 4.98 Å². The number of hydrogen-bond acceptors (Lipinski definition) is 6. The first-order valence-corrected chi connectivity index (χ1v) is 10.7. The molecular formula is C23H19BrN4O4. The van der Waals surface area contributed by atoms with Gasteiger partial charge in [0.05, 0.1) is 11.1 Å². The van der Waals surface area contributed by atoms with Gasteiger partial charge in [-0.15, -0.1) is 0 Å². The molecule has 0 atom stereocenters. The van der Waals surface area contributed by atoms with E-state index in [1.165, 1.54) is 4.90 Å². The van der Waals surface area contributed by atoms with Crippen LogP contribution in [0.3, 0.4) is 0 Å². The number of carbonyl (C=O) groups excluding carboxylic acids is 3. The van der Waals surface area contributed by atoms with Gasteiger partial charge >= 0.3 is 0 Å². The van der Waals surface area contributed by atoms with E-state index in [1.54, 1.807) is 48.9 Å². The maximum atomic E-state index is 12.5.